The van der Waals surface area contributed by atoms with Gasteiger partial charge in [0.15, 0.2) is 0 Å². The van der Waals surface area contributed by atoms with Crippen molar-refractivity contribution in [2.75, 3.05) is 13.1 Å². The predicted octanol–water partition coefficient (Wildman–Crippen LogP) is 1.36. The zero-order valence-corrected chi connectivity index (χ0v) is 9.40. The maximum absolute atomic E-state index is 11.2. The molecular weight excluding hydrogens is 194 g/mol. The summed E-state index contributed by atoms with van der Waals surface area (Å²) < 4.78 is 0. The quantitative estimate of drug-likeness (QED) is 0.770. The Hall–Kier alpha value is -1.06. The molecule has 4 nitrogen and oxygen atoms in total. The molecule has 4 heteroatoms. The van der Waals surface area contributed by atoms with Gasteiger partial charge in [0, 0.05) is 20.0 Å². The number of aliphatic carboxylic acids is 1. The van der Waals surface area contributed by atoms with Gasteiger partial charge in [-0.1, -0.05) is 6.92 Å². The first-order chi connectivity index (χ1) is 7.00. The lowest BCUT2D eigenvalue weighted by Gasteiger charge is -2.32. The third kappa shape index (κ3) is 3.53. The Morgan fingerprint density at radius 3 is 2.73 bits per heavy atom. The molecule has 0 saturated carbocycles. The second kappa shape index (κ2) is 5.14. The Kier molecular flexibility index (Phi) is 4.12. The molecule has 1 N–H and O–H groups in total. The Morgan fingerprint density at radius 1 is 1.53 bits per heavy atom. The van der Waals surface area contributed by atoms with Gasteiger partial charge in [0.05, 0.1) is 5.92 Å². The molecule has 1 aliphatic heterocycles. The number of nitrogens with zero attached hydrogens (tertiary/aromatic N) is 1. The van der Waals surface area contributed by atoms with E-state index in [4.69, 9.17) is 5.11 Å². The highest BCUT2D eigenvalue weighted by atomic mass is 16.4. The molecule has 1 rings (SSSR count). The van der Waals surface area contributed by atoms with Crippen LogP contribution in [0.1, 0.15) is 33.1 Å². The van der Waals surface area contributed by atoms with E-state index in [-0.39, 0.29) is 11.8 Å². The van der Waals surface area contributed by atoms with E-state index in [2.05, 4.69) is 0 Å². The summed E-state index contributed by atoms with van der Waals surface area (Å²) in [6, 6.07) is 0. The Bertz CT molecular complexity index is 250. The number of piperidine rings is 1. The second-order valence-electron chi connectivity index (χ2n) is 4.45. The van der Waals surface area contributed by atoms with Crippen LogP contribution in [0.2, 0.25) is 0 Å². The van der Waals surface area contributed by atoms with Gasteiger partial charge in [-0.2, -0.15) is 0 Å². The molecule has 0 spiro atoms. The van der Waals surface area contributed by atoms with Crippen LogP contribution in [0.5, 0.6) is 0 Å². The Labute approximate surface area is 90.3 Å². The van der Waals surface area contributed by atoms with E-state index < -0.39 is 5.97 Å². The van der Waals surface area contributed by atoms with Gasteiger partial charge in [0.25, 0.3) is 0 Å². The molecule has 2 atom stereocenters. The number of rotatable bonds is 3. The average molecular weight is 213 g/mol. The van der Waals surface area contributed by atoms with Gasteiger partial charge in [0.1, 0.15) is 0 Å². The van der Waals surface area contributed by atoms with E-state index in [1.807, 2.05) is 4.90 Å². The lowest BCUT2D eigenvalue weighted by atomic mass is 9.89. The van der Waals surface area contributed by atoms with Crippen LogP contribution in [0.4, 0.5) is 0 Å². The Morgan fingerprint density at radius 2 is 2.20 bits per heavy atom. The summed E-state index contributed by atoms with van der Waals surface area (Å²) in [5.74, 6) is -0.590. The summed E-state index contributed by atoms with van der Waals surface area (Å²) >= 11 is 0. The first kappa shape index (κ1) is 12.0. The van der Waals surface area contributed by atoms with E-state index in [0.717, 1.165) is 25.9 Å². The number of hydrogen-bond donors (Lipinski definition) is 1. The SMILES string of the molecule is CC(=O)N1CCCC(CC(C)C(=O)O)C1. The maximum atomic E-state index is 11.2. The molecule has 1 aliphatic rings. The number of likely N-dealkylation sites (tertiary alicyclic amines) is 1. The minimum Gasteiger partial charge on any atom is -0.481 e. The zero-order chi connectivity index (χ0) is 11.4. The summed E-state index contributed by atoms with van der Waals surface area (Å²) in [5.41, 5.74) is 0. The minimum atomic E-state index is -0.741. The number of carbonyl (C=O) groups is 2. The molecule has 1 saturated heterocycles. The summed E-state index contributed by atoms with van der Waals surface area (Å²) in [4.78, 5) is 23.7. The minimum absolute atomic E-state index is 0.0997. The predicted molar refractivity (Wildman–Crippen MR) is 56.4 cm³/mol. The summed E-state index contributed by atoms with van der Waals surface area (Å²) in [7, 11) is 0. The lowest BCUT2D eigenvalue weighted by Crippen LogP contribution is -2.39. The van der Waals surface area contributed by atoms with Crippen LogP contribution in [-0.2, 0) is 9.59 Å². The van der Waals surface area contributed by atoms with Gasteiger partial charge in [-0.3, -0.25) is 9.59 Å². The molecule has 0 aromatic rings. The molecule has 15 heavy (non-hydrogen) atoms. The van der Waals surface area contributed by atoms with Crippen LogP contribution >= 0.6 is 0 Å². The summed E-state index contributed by atoms with van der Waals surface area (Å²) in [5, 5.41) is 8.81. The van der Waals surface area contributed by atoms with Crippen LogP contribution in [0, 0.1) is 11.8 Å². The highest BCUT2D eigenvalue weighted by Crippen LogP contribution is 2.23. The van der Waals surface area contributed by atoms with E-state index in [1.165, 1.54) is 0 Å². The van der Waals surface area contributed by atoms with Crippen molar-refractivity contribution >= 4 is 11.9 Å². The molecule has 0 aliphatic carbocycles. The normalized spacial score (nSPS) is 23.6. The van der Waals surface area contributed by atoms with Crippen LogP contribution < -0.4 is 0 Å². The van der Waals surface area contributed by atoms with E-state index >= 15 is 0 Å². The third-order valence-corrected chi connectivity index (χ3v) is 3.07. The molecule has 0 radical (unpaired) electrons. The van der Waals surface area contributed by atoms with Crippen molar-refractivity contribution in [3.8, 4) is 0 Å². The van der Waals surface area contributed by atoms with Crippen molar-refractivity contribution in [1.29, 1.82) is 0 Å². The second-order valence-corrected chi connectivity index (χ2v) is 4.45. The van der Waals surface area contributed by atoms with Gasteiger partial charge in [-0.15, -0.1) is 0 Å². The summed E-state index contributed by atoms with van der Waals surface area (Å²) in [6.45, 7) is 4.86. The van der Waals surface area contributed by atoms with Gasteiger partial charge in [0.2, 0.25) is 5.91 Å². The standard InChI is InChI=1S/C11H19NO3/c1-8(11(14)15)6-10-4-3-5-12(7-10)9(2)13/h8,10H,3-7H2,1-2H3,(H,14,15). The number of hydrogen-bond acceptors (Lipinski definition) is 2. The monoisotopic (exact) mass is 213 g/mol. The molecule has 2 unspecified atom stereocenters. The average Bonchev–Trinajstić information content (AvgIpc) is 2.18. The first-order valence-corrected chi connectivity index (χ1v) is 5.49. The van der Waals surface area contributed by atoms with Gasteiger partial charge in [-0.25, -0.2) is 0 Å². The van der Waals surface area contributed by atoms with Gasteiger partial charge >= 0.3 is 5.97 Å². The fourth-order valence-electron chi connectivity index (χ4n) is 2.14. The van der Waals surface area contributed by atoms with Crippen LogP contribution in [0.15, 0.2) is 0 Å². The smallest absolute Gasteiger partial charge is 0.306 e. The molecule has 1 heterocycles. The summed E-state index contributed by atoms with van der Waals surface area (Å²) in [6.07, 6.45) is 2.72. The Balaban J connectivity index is 2.43. The number of carboxylic acids is 1. The van der Waals surface area contributed by atoms with Gasteiger partial charge < -0.3 is 10.0 Å². The van der Waals surface area contributed by atoms with E-state index in [9.17, 15) is 9.59 Å². The number of carboxylic acid groups (broad SMARTS) is 1. The zero-order valence-electron chi connectivity index (χ0n) is 9.40. The van der Waals surface area contributed by atoms with E-state index in [0.29, 0.717) is 12.3 Å². The van der Waals surface area contributed by atoms with Crippen molar-refractivity contribution in [1.82, 2.24) is 4.90 Å². The topological polar surface area (TPSA) is 57.6 Å². The number of amides is 1. The van der Waals surface area contributed by atoms with Crippen LogP contribution in [0.25, 0.3) is 0 Å². The third-order valence-electron chi connectivity index (χ3n) is 3.07. The molecular formula is C11H19NO3. The maximum Gasteiger partial charge on any atom is 0.306 e. The van der Waals surface area contributed by atoms with Crippen molar-refractivity contribution in [2.45, 2.75) is 33.1 Å². The largest absolute Gasteiger partial charge is 0.481 e. The lowest BCUT2D eigenvalue weighted by molar-refractivity contribution is -0.141. The molecule has 86 valence electrons. The van der Waals surface area contributed by atoms with Crippen molar-refractivity contribution in [2.24, 2.45) is 11.8 Å². The van der Waals surface area contributed by atoms with E-state index in [1.54, 1.807) is 13.8 Å². The highest BCUT2D eigenvalue weighted by Gasteiger charge is 2.24. The fraction of sp³-hybridized carbons (Fsp3) is 0.818. The van der Waals surface area contributed by atoms with Gasteiger partial charge in [-0.05, 0) is 25.2 Å². The molecule has 0 aromatic carbocycles. The molecule has 0 bridgehead atoms. The number of carbonyl (C=O) groups excluding carboxylic acids is 1. The van der Waals surface area contributed by atoms with Crippen molar-refractivity contribution < 1.29 is 14.7 Å². The molecule has 1 fully saturated rings. The first-order valence-electron chi connectivity index (χ1n) is 5.49. The van der Waals surface area contributed by atoms with Crippen LogP contribution in [-0.4, -0.2) is 35.0 Å². The van der Waals surface area contributed by atoms with Crippen molar-refractivity contribution in [3.05, 3.63) is 0 Å². The fourth-order valence-corrected chi connectivity index (χ4v) is 2.14. The van der Waals surface area contributed by atoms with Crippen molar-refractivity contribution in [3.63, 3.8) is 0 Å². The highest BCUT2D eigenvalue weighted by molar-refractivity contribution is 5.73. The van der Waals surface area contributed by atoms with Crippen LogP contribution in [0.3, 0.4) is 0 Å². The molecule has 0 aromatic heterocycles. The molecule has 1 amide bonds.